The normalized spacial score (nSPS) is 10.4. The second-order valence-corrected chi connectivity index (χ2v) is 6.84. The first kappa shape index (κ1) is 19.2. The number of aryl methyl sites for hydroxylation is 4. The summed E-state index contributed by atoms with van der Waals surface area (Å²) in [5.74, 6) is 1.45. The molecule has 0 aliphatic heterocycles. The Bertz CT molecular complexity index is 1100. The molecule has 3 rings (SSSR count). The first-order valence-corrected chi connectivity index (χ1v) is 8.88. The van der Waals surface area contributed by atoms with E-state index in [-0.39, 0.29) is 11.3 Å². The van der Waals surface area contributed by atoms with Crippen LogP contribution in [-0.4, -0.2) is 16.8 Å². The van der Waals surface area contributed by atoms with Crippen molar-refractivity contribution in [3.05, 3.63) is 75.1 Å². The van der Waals surface area contributed by atoms with Gasteiger partial charge in [0.25, 0.3) is 0 Å². The summed E-state index contributed by atoms with van der Waals surface area (Å²) in [5.41, 5.74) is 4.21. The second kappa shape index (κ2) is 7.57. The van der Waals surface area contributed by atoms with Crippen molar-refractivity contribution < 1.29 is 4.74 Å². The Morgan fingerprint density at radius 3 is 2.25 bits per heavy atom. The summed E-state index contributed by atoms with van der Waals surface area (Å²) in [7, 11) is 3.44. The number of aromatic nitrogens is 2. The highest BCUT2D eigenvalue weighted by Crippen LogP contribution is 2.30. The molecular formula is C22H22N4O2. The maximum absolute atomic E-state index is 12.6. The van der Waals surface area contributed by atoms with Crippen molar-refractivity contribution in [1.82, 2.24) is 9.78 Å². The third kappa shape index (κ3) is 3.74. The Hall–Kier alpha value is -3.59. The van der Waals surface area contributed by atoms with Crippen LogP contribution in [0.5, 0.6) is 11.5 Å². The van der Waals surface area contributed by atoms with Crippen LogP contribution < -0.4 is 15.2 Å². The van der Waals surface area contributed by atoms with Crippen molar-refractivity contribution in [3.63, 3.8) is 0 Å². The molecule has 0 atom stereocenters. The van der Waals surface area contributed by atoms with Crippen LogP contribution in [0.2, 0.25) is 0 Å². The Morgan fingerprint density at radius 2 is 1.68 bits per heavy atom. The lowest BCUT2D eigenvalue weighted by molar-refractivity contribution is 0.457. The Morgan fingerprint density at radius 1 is 1.07 bits per heavy atom. The minimum atomic E-state index is -0.309. The van der Waals surface area contributed by atoms with Crippen molar-refractivity contribution in [2.75, 3.05) is 11.9 Å². The quantitative estimate of drug-likeness (QED) is 0.686. The van der Waals surface area contributed by atoms with E-state index in [0.29, 0.717) is 17.1 Å². The Kier molecular flexibility index (Phi) is 5.18. The molecule has 0 radical (unpaired) electrons. The van der Waals surface area contributed by atoms with Gasteiger partial charge in [0.1, 0.15) is 5.75 Å². The van der Waals surface area contributed by atoms with Gasteiger partial charge in [-0.1, -0.05) is 17.7 Å². The van der Waals surface area contributed by atoms with Crippen LogP contribution in [-0.2, 0) is 7.05 Å². The molecule has 0 amide bonds. The van der Waals surface area contributed by atoms with E-state index < -0.39 is 0 Å². The molecule has 0 fully saturated rings. The molecule has 0 aliphatic carbocycles. The lowest BCUT2D eigenvalue weighted by Crippen LogP contribution is -2.24. The van der Waals surface area contributed by atoms with Gasteiger partial charge in [0.05, 0.1) is 11.6 Å². The average Bonchev–Trinajstić information content (AvgIpc) is 2.67. The second-order valence-electron chi connectivity index (χ2n) is 6.84. The molecule has 0 aliphatic rings. The SMILES string of the molecule is Cc1cc(C)c(Oc2cc(N(C)c3ccc(C#N)cc3)nn(C)c2=O)c(C)c1. The van der Waals surface area contributed by atoms with Crippen molar-refractivity contribution in [1.29, 1.82) is 5.26 Å². The number of nitriles is 1. The Labute approximate surface area is 164 Å². The molecule has 1 heterocycles. The van der Waals surface area contributed by atoms with Gasteiger partial charge < -0.3 is 9.64 Å². The van der Waals surface area contributed by atoms with Crippen LogP contribution >= 0.6 is 0 Å². The number of benzene rings is 2. The number of ether oxygens (including phenoxy) is 1. The molecule has 1 aromatic heterocycles. The van der Waals surface area contributed by atoms with E-state index in [9.17, 15) is 4.79 Å². The molecule has 0 saturated carbocycles. The van der Waals surface area contributed by atoms with Crippen LogP contribution in [0, 0.1) is 32.1 Å². The topological polar surface area (TPSA) is 71.2 Å². The third-order valence-electron chi connectivity index (χ3n) is 4.56. The zero-order valence-electron chi connectivity index (χ0n) is 16.6. The Balaban J connectivity index is 2.01. The summed E-state index contributed by atoms with van der Waals surface area (Å²) in [5, 5.41) is 13.3. The van der Waals surface area contributed by atoms with Crippen LogP contribution in [0.25, 0.3) is 0 Å². The van der Waals surface area contributed by atoms with Crippen molar-refractivity contribution in [2.24, 2.45) is 7.05 Å². The van der Waals surface area contributed by atoms with E-state index in [1.54, 1.807) is 25.2 Å². The summed E-state index contributed by atoms with van der Waals surface area (Å²) >= 11 is 0. The summed E-state index contributed by atoms with van der Waals surface area (Å²) in [4.78, 5) is 14.4. The van der Waals surface area contributed by atoms with Crippen LogP contribution in [0.3, 0.4) is 0 Å². The predicted molar refractivity (Wildman–Crippen MR) is 109 cm³/mol. The summed E-state index contributed by atoms with van der Waals surface area (Å²) in [6, 6.07) is 14.9. The average molecular weight is 374 g/mol. The first-order chi connectivity index (χ1) is 13.3. The van der Waals surface area contributed by atoms with Crippen LogP contribution in [0.15, 0.2) is 47.3 Å². The van der Waals surface area contributed by atoms with E-state index in [0.717, 1.165) is 22.4 Å². The molecule has 3 aromatic rings. The minimum absolute atomic E-state index is 0.211. The summed E-state index contributed by atoms with van der Waals surface area (Å²) < 4.78 is 7.29. The molecule has 6 nitrogen and oxygen atoms in total. The lowest BCUT2D eigenvalue weighted by atomic mass is 10.1. The van der Waals surface area contributed by atoms with Gasteiger partial charge >= 0.3 is 5.56 Å². The van der Waals surface area contributed by atoms with Gasteiger partial charge in [-0.2, -0.15) is 10.4 Å². The van der Waals surface area contributed by atoms with E-state index in [4.69, 9.17) is 10.00 Å². The highest BCUT2D eigenvalue weighted by molar-refractivity contribution is 5.61. The maximum Gasteiger partial charge on any atom is 0.309 e. The molecule has 142 valence electrons. The van der Waals surface area contributed by atoms with E-state index in [1.807, 2.05) is 57.0 Å². The van der Waals surface area contributed by atoms with E-state index in [1.165, 1.54) is 4.68 Å². The van der Waals surface area contributed by atoms with Gasteiger partial charge in [0.2, 0.25) is 0 Å². The molecule has 28 heavy (non-hydrogen) atoms. The van der Waals surface area contributed by atoms with Gasteiger partial charge in [0, 0.05) is 25.8 Å². The lowest BCUT2D eigenvalue weighted by Gasteiger charge is -2.20. The zero-order chi connectivity index (χ0) is 20.4. The molecule has 6 heteroatoms. The number of hydrogen-bond acceptors (Lipinski definition) is 5. The van der Waals surface area contributed by atoms with Crippen molar-refractivity contribution in [2.45, 2.75) is 20.8 Å². The monoisotopic (exact) mass is 374 g/mol. The summed E-state index contributed by atoms with van der Waals surface area (Å²) in [6.07, 6.45) is 0. The fourth-order valence-corrected chi connectivity index (χ4v) is 3.13. The maximum atomic E-state index is 12.6. The molecule has 2 aromatic carbocycles. The van der Waals surface area contributed by atoms with Gasteiger partial charge in [-0.25, -0.2) is 4.68 Å². The fraction of sp³-hybridized carbons (Fsp3) is 0.227. The number of anilines is 2. The van der Waals surface area contributed by atoms with E-state index >= 15 is 0 Å². The van der Waals surface area contributed by atoms with Crippen LogP contribution in [0.4, 0.5) is 11.5 Å². The number of hydrogen-bond donors (Lipinski definition) is 0. The van der Waals surface area contributed by atoms with Gasteiger partial charge in [-0.05, 0) is 56.2 Å². The van der Waals surface area contributed by atoms with Crippen LogP contribution in [0.1, 0.15) is 22.3 Å². The van der Waals surface area contributed by atoms with Gasteiger partial charge in [-0.15, -0.1) is 0 Å². The smallest absolute Gasteiger partial charge is 0.309 e. The summed E-state index contributed by atoms with van der Waals surface area (Å²) in [6.45, 7) is 5.95. The molecule has 0 bridgehead atoms. The fourth-order valence-electron chi connectivity index (χ4n) is 3.13. The highest BCUT2D eigenvalue weighted by Gasteiger charge is 2.15. The highest BCUT2D eigenvalue weighted by atomic mass is 16.5. The minimum Gasteiger partial charge on any atom is -0.451 e. The largest absolute Gasteiger partial charge is 0.451 e. The predicted octanol–water partition coefficient (Wildman–Crippen LogP) is 4.14. The first-order valence-electron chi connectivity index (χ1n) is 8.88. The zero-order valence-corrected chi connectivity index (χ0v) is 16.6. The number of rotatable bonds is 4. The molecule has 0 saturated heterocycles. The molecule has 0 unspecified atom stereocenters. The van der Waals surface area contributed by atoms with Crippen molar-refractivity contribution in [3.8, 4) is 17.6 Å². The van der Waals surface area contributed by atoms with Gasteiger partial charge in [0.15, 0.2) is 11.6 Å². The molecule has 0 spiro atoms. The standard InChI is InChI=1S/C22H22N4O2/c1-14-10-15(2)21(16(3)11-14)28-19-12-20(24-26(5)22(19)27)25(4)18-8-6-17(13-23)7-9-18/h6-12H,1-5H3. The van der Waals surface area contributed by atoms with Gasteiger partial charge in [-0.3, -0.25) is 4.79 Å². The van der Waals surface area contributed by atoms with E-state index in [2.05, 4.69) is 11.2 Å². The third-order valence-corrected chi connectivity index (χ3v) is 4.56. The number of nitrogens with zero attached hydrogens (tertiary/aromatic N) is 4. The van der Waals surface area contributed by atoms with Crippen molar-refractivity contribution >= 4 is 11.5 Å². The molecular weight excluding hydrogens is 352 g/mol. The molecule has 0 N–H and O–H groups in total.